The first kappa shape index (κ1) is 16.7. The molecule has 1 aromatic rings. The van der Waals surface area contributed by atoms with Crippen LogP contribution in [0.2, 0.25) is 0 Å². The normalized spacial score (nSPS) is 20.0. The molecule has 0 aliphatic carbocycles. The summed E-state index contributed by atoms with van der Waals surface area (Å²) in [6.07, 6.45) is 5.84. The first-order valence-electron chi connectivity index (χ1n) is 8.59. The number of amides is 1. The van der Waals surface area contributed by atoms with Crippen molar-refractivity contribution in [2.75, 3.05) is 51.2 Å². The van der Waals surface area contributed by atoms with Gasteiger partial charge in [-0.3, -0.25) is 4.79 Å². The standard InChI is InChI=1S/C17H24N6O/c1-21-6-8-23(9-7-21)17(24)10-14-2-4-22(5-3-14)16-13-19-15(11-18)12-20-16/h12-14H,2-10H2,1H3. The van der Waals surface area contributed by atoms with Crippen molar-refractivity contribution in [1.82, 2.24) is 19.8 Å². The maximum atomic E-state index is 12.4. The third-order valence-corrected chi connectivity index (χ3v) is 5.01. The Labute approximate surface area is 142 Å². The summed E-state index contributed by atoms with van der Waals surface area (Å²) in [4.78, 5) is 27.3. The van der Waals surface area contributed by atoms with Crippen LogP contribution >= 0.6 is 0 Å². The lowest BCUT2D eigenvalue weighted by Gasteiger charge is -2.35. The van der Waals surface area contributed by atoms with Crippen LogP contribution in [0.25, 0.3) is 0 Å². The molecule has 0 spiro atoms. The minimum Gasteiger partial charge on any atom is -0.355 e. The van der Waals surface area contributed by atoms with E-state index in [0.717, 1.165) is 57.9 Å². The van der Waals surface area contributed by atoms with E-state index >= 15 is 0 Å². The lowest BCUT2D eigenvalue weighted by Crippen LogP contribution is -2.47. The highest BCUT2D eigenvalue weighted by Crippen LogP contribution is 2.24. The molecule has 3 heterocycles. The highest BCUT2D eigenvalue weighted by atomic mass is 16.2. The number of hydrogen-bond acceptors (Lipinski definition) is 6. The molecule has 0 radical (unpaired) electrons. The maximum Gasteiger partial charge on any atom is 0.222 e. The van der Waals surface area contributed by atoms with Gasteiger partial charge in [-0.15, -0.1) is 0 Å². The van der Waals surface area contributed by atoms with E-state index in [-0.39, 0.29) is 0 Å². The Morgan fingerprint density at radius 2 is 1.88 bits per heavy atom. The minimum atomic E-state index is 0.305. The highest BCUT2D eigenvalue weighted by Gasteiger charge is 2.26. The van der Waals surface area contributed by atoms with Crippen LogP contribution in [0.4, 0.5) is 5.82 Å². The molecule has 0 N–H and O–H groups in total. The SMILES string of the molecule is CN1CCN(C(=O)CC2CCN(c3cnc(C#N)cn3)CC2)CC1. The van der Waals surface area contributed by atoms with Gasteiger partial charge in [0, 0.05) is 45.7 Å². The van der Waals surface area contributed by atoms with Gasteiger partial charge in [0.05, 0.1) is 12.4 Å². The fraction of sp³-hybridized carbons (Fsp3) is 0.647. The van der Waals surface area contributed by atoms with E-state index in [9.17, 15) is 4.79 Å². The monoisotopic (exact) mass is 328 g/mol. The molecule has 0 aromatic carbocycles. The minimum absolute atomic E-state index is 0.305. The topological polar surface area (TPSA) is 76.4 Å². The second-order valence-corrected chi connectivity index (χ2v) is 6.69. The summed E-state index contributed by atoms with van der Waals surface area (Å²) < 4.78 is 0. The van der Waals surface area contributed by atoms with Gasteiger partial charge in [-0.25, -0.2) is 9.97 Å². The van der Waals surface area contributed by atoms with Crippen molar-refractivity contribution < 1.29 is 4.79 Å². The Balaban J connectivity index is 1.46. The first-order chi connectivity index (χ1) is 11.7. The fourth-order valence-electron chi connectivity index (χ4n) is 3.34. The number of piperidine rings is 1. The van der Waals surface area contributed by atoms with E-state index in [1.165, 1.54) is 6.20 Å². The van der Waals surface area contributed by atoms with Crippen LogP contribution in [-0.4, -0.2) is 72.0 Å². The third kappa shape index (κ3) is 4.01. The smallest absolute Gasteiger partial charge is 0.222 e. The average molecular weight is 328 g/mol. The van der Waals surface area contributed by atoms with Crippen LogP contribution in [0.3, 0.4) is 0 Å². The zero-order valence-electron chi connectivity index (χ0n) is 14.2. The van der Waals surface area contributed by atoms with Gasteiger partial charge in [0.2, 0.25) is 5.91 Å². The van der Waals surface area contributed by atoms with Crippen molar-refractivity contribution in [1.29, 1.82) is 5.26 Å². The molecule has 24 heavy (non-hydrogen) atoms. The van der Waals surface area contributed by atoms with Crippen LogP contribution in [0.1, 0.15) is 25.0 Å². The van der Waals surface area contributed by atoms with Crippen LogP contribution in [0, 0.1) is 17.2 Å². The second kappa shape index (κ2) is 7.58. The summed E-state index contributed by atoms with van der Waals surface area (Å²) in [5.74, 6) is 1.58. The molecular formula is C17H24N6O. The van der Waals surface area contributed by atoms with E-state index in [2.05, 4.69) is 26.8 Å². The fourth-order valence-corrected chi connectivity index (χ4v) is 3.34. The van der Waals surface area contributed by atoms with Crippen molar-refractivity contribution in [2.24, 2.45) is 5.92 Å². The summed E-state index contributed by atoms with van der Waals surface area (Å²) in [5.41, 5.74) is 0.339. The Kier molecular flexibility index (Phi) is 5.26. The molecule has 0 unspecified atom stereocenters. The number of nitrogens with zero attached hydrogens (tertiary/aromatic N) is 6. The third-order valence-electron chi connectivity index (χ3n) is 5.01. The van der Waals surface area contributed by atoms with Crippen LogP contribution in [-0.2, 0) is 4.79 Å². The van der Waals surface area contributed by atoms with E-state index < -0.39 is 0 Å². The number of nitriles is 1. The zero-order chi connectivity index (χ0) is 16.9. The van der Waals surface area contributed by atoms with Crippen LogP contribution in [0.5, 0.6) is 0 Å². The zero-order valence-corrected chi connectivity index (χ0v) is 14.2. The molecular weight excluding hydrogens is 304 g/mol. The number of anilines is 1. The number of carbonyl (C=O) groups is 1. The number of likely N-dealkylation sites (N-methyl/N-ethyl adjacent to an activating group) is 1. The highest BCUT2D eigenvalue weighted by molar-refractivity contribution is 5.76. The van der Waals surface area contributed by atoms with Gasteiger partial charge in [-0.05, 0) is 25.8 Å². The lowest BCUT2D eigenvalue weighted by atomic mass is 9.93. The largest absolute Gasteiger partial charge is 0.355 e. The number of hydrogen-bond donors (Lipinski definition) is 0. The molecule has 0 bridgehead atoms. The van der Waals surface area contributed by atoms with Gasteiger partial charge < -0.3 is 14.7 Å². The Morgan fingerprint density at radius 3 is 2.46 bits per heavy atom. The van der Waals surface area contributed by atoms with Crippen LogP contribution < -0.4 is 4.90 Å². The molecule has 1 aromatic heterocycles. The van der Waals surface area contributed by atoms with Gasteiger partial charge in [0.25, 0.3) is 0 Å². The number of carbonyl (C=O) groups excluding carboxylic acids is 1. The molecule has 0 saturated carbocycles. The molecule has 0 atom stereocenters. The van der Waals surface area contributed by atoms with Gasteiger partial charge in [-0.2, -0.15) is 5.26 Å². The van der Waals surface area contributed by atoms with Gasteiger partial charge >= 0.3 is 0 Å². The van der Waals surface area contributed by atoms with Gasteiger partial charge in [0.1, 0.15) is 11.9 Å². The van der Waals surface area contributed by atoms with Crippen molar-refractivity contribution in [3.8, 4) is 6.07 Å². The number of aromatic nitrogens is 2. The number of rotatable bonds is 3. The molecule has 3 rings (SSSR count). The summed E-state index contributed by atoms with van der Waals surface area (Å²) in [6.45, 7) is 5.44. The molecule has 2 aliphatic heterocycles. The summed E-state index contributed by atoms with van der Waals surface area (Å²) in [7, 11) is 2.10. The van der Waals surface area contributed by atoms with E-state index in [4.69, 9.17) is 5.26 Å². The molecule has 2 saturated heterocycles. The Morgan fingerprint density at radius 1 is 1.17 bits per heavy atom. The average Bonchev–Trinajstić information content (AvgIpc) is 2.63. The van der Waals surface area contributed by atoms with E-state index in [1.807, 2.05) is 11.0 Å². The summed E-state index contributed by atoms with van der Waals surface area (Å²) >= 11 is 0. The van der Waals surface area contributed by atoms with E-state index in [1.54, 1.807) is 6.20 Å². The van der Waals surface area contributed by atoms with Crippen molar-refractivity contribution in [3.05, 3.63) is 18.1 Å². The molecule has 2 aliphatic rings. The quantitative estimate of drug-likeness (QED) is 0.814. The Hall–Kier alpha value is -2.20. The first-order valence-corrected chi connectivity index (χ1v) is 8.59. The predicted octanol–water partition coefficient (Wildman–Crippen LogP) is 0.729. The molecule has 128 valence electrons. The second-order valence-electron chi connectivity index (χ2n) is 6.69. The summed E-state index contributed by atoms with van der Waals surface area (Å²) in [5, 5.41) is 8.77. The summed E-state index contributed by atoms with van der Waals surface area (Å²) in [6, 6.07) is 1.98. The number of piperazine rings is 1. The van der Waals surface area contributed by atoms with E-state index in [0.29, 0.717) is 23.9 Å². The molecule has 7 heteroatoms. The van der Waals surface area contributed by atoms with Crippen molar-refractivity contribution >= 4 is 11.7 Å². The van der Waals surface area contributed by atoms with Gasteiger partial charge in [0.15, 0.2) is 5.69 Å². The van der Waals surface area contributed by atoms with Crippen LogP contribution in [0.15, 0.2) is 12.4 Å². The van der Waals surface area contributed by atoms with Gasteiger partial charge in [-0.1, -0.05) is 0 Å². The maximum absolute atomic E-state index is 12.4. The molecule has 2 fully saturated rings. The molecule has 1 amide bonds. The lowest BCUT2D eigenvalue weighted by molar-refractivity contribution is -0.133. The Bertz CT molecular complexity index is 595. The van der Waals surface area contributed by atoms with Crippen molar-refractivity contribution in [3.63, 3.8) is 0 Å². The predicted molar refractivity (Wildman–Crippen MR) is 90.4 cm³/mol. The van der Waals surface area contributed by atoms with Crippen molar-refractivity contribution in [2.45, 2.75) is 19.3 Å². The molecule has 7 nitrogen and oxygen atoms in total.